The van der Waals surface area contributed by atoms with E-state index >= 15 is 0 Å². The van der Waals surface area contributed by atoms with E-state index in [9.17, 15) is 9.59 Å². The fraction of sp³-hybridized carbons (Fsp3) is 0.368. The van der Waals surface area contributed by atoms with Crippen molar-refractivity contribution < 1.29 is 9.59 Å². The van der Waals surface area contributed by atoms with Crippen LogP contribution < -0.4 is 5.32 Å². The molecule has 0 radical (unpaired) electrons. The highest BCUT2D eigenvalue weighted by atomic mass is 35.5. The number of likely N-dealkylation sites (tertiary alicyclic amines) is 1. The summed E-state index contributed by atoms with van der Waals surface area (Å²) in [5.74, 6) is -0.536. The Morgan fingerprint density at radius 2 is 1.96 bits per heavy atom. The molecule has 1 unspecified atom stereocenters. The number of hydrogen-bond donors (Lipinski definition) is 1. The van der Waals surface area contributed by atoms with Crippen molar-refractivity contribution in [2.24, 2.45) is 0 Å². The molecular weight excluding hydrogens is 384 g/mol. The van der Waals surface area contributed by atoms with Crippen molar-refractivity contribution in [1.82, 2.24) is 20.2 Å². The number of hydrogen-bond acceptors (Lipinski definition) is 5. The molecule has 0 aliphatic carbocycles. The quantitative estimate of drug-likeness (QED) is 0.591. The third-order valence-corrected chi connectivity index (χ3v) is 5.26. The first-order valence-corrected chi connectivity index (χ1v) is 10.4. The second kappa shape index (κ2) is 9.19. The van der Waals surface area contributed by atoms with Crippen molar-refractivity contribution in [2.75, 3.05) is 19.3 Å². The summed E-state index contributed by atoms with van der Waals surface area (Å²) in [5, 5.41) is 3.45. The first-order chi connectivity index (χ1) is 13.1. The van der Waals surface area contributed by atoms with Crippen molar-refractivity contribution in [1.29, 1.82) is 0 Å². The van der Waals surface area contributed by atoms with E-state index in [4.69, 9.17) is 11.6 Å². The van der Waals surface area contributed by atoms with Crippen LogP contribution >= 0.6 is 23.4 Å². The molecule has 2 amide bonds. The summed E-state index contributed by atoms with van der Waals surface area (Å²) >= 11 is 7.43. The first kappa shape index (κ1) is 19.6. The van der Waals surface area contributed by atoms with Gasteiger partial charge in [-0.15, -0.1) is 0 Å². The molecule has 1 atom stereocenters. The molecular formula is C19H21ClN4O2S. The lowest BCUT2D eigenvalue weighted by atomic mass is 10.0. The molecule has 1 aromatic heterocycles. The minimum atomic E-state index is -0.665. The van der Waals surface area contributed by atoms with Gasteiger partial charge in [-0.05, 0) is 24.7 Å². The van der Waals surface area contributed by atoms with E-state index in [1.54, 1.807) is 0 Å². The van der Waals surface area contributed by atoms with Gasteiger partial charge in [0.15, 0.2) is 10.9 Å². The van der Waals surface area contributed by atoms with Gasteiger partial charge in [-0.2, -0.15) is 0 Å². The van der Waals surface area contributed by atoms with Crippen molar-refractivity contribution in [2.45, 2.75) is 30.5 Å². The SMILES string of the molecule is CSc1ncc(Cl)c(C(=O)NC(Cc2ccccc2)C(=O)N2CCCC2)n1. The molecule has 2 aromatic rings. The van der Waals surface area contributed by atoms with Crippen LogP contribution in [0.1, 0.15) is 28.9 Å². The molecule has 3 rings (SSSR count). The molecule has 8 heteroatoms. The standard InChI is InChI=1S/C19H21ClN4O2S/c1-27-19-21-12-14(20)16(23-19)17(25)22-15(11-13-7-3-2-4-8-13)18(26)24-9-5-6-10-24/h2-4,7-8,12,15H,5-6,9-11H2,1H3,(H,22,25). The summed E-state index contributed by atoms with van der Waals surface area (Å²) in [6.45, 7) is 1.45. The number of nitrogens with one attached hydrogen (secondary N) is 1. The third-order valence-electron chi connectivity index (χ3n) is 4.42. The van der Waals surface area contributed by atoms with Crippen LogP contribution in [0.4, 0.5) is 0 Å². The van der Waals surface area contributed by atoms with E-state index in [-0.39, 0.29) is 16.6 Å². The molecule has 0 bridgehead atoms. The monoisotopic (exact) mass is 404 g/mol. The minimum absolute atomic E-state index is 0.0695. The normalized spacial score (nSPS) is 14.8. The van der Waals surface area contributed by atoms with Crippen molar-refractivity contribution in [3.8, 4) is 0 Å². The number of halogens is 1. The maximum absolute atomic E-state index is 13.0. The number of thioether (sulfide) groups is 1. The van der Waals surface area contributed by atoms with E-state index in [0.717, 1.165) is 31.5 Å². The largest absolute Gasteiger partial charge is 0.341 e. The molecule has 1 N–H and O–H groups in total. The van der Waals surface area contributed by atoms with Crippen molar-refractivity contribution in [3.63, 3.8) is 0 Å². The van der Waals surface area contributed by atoms with Gasteiger partial charge < -0.3 is 10.2 Å². The number of rotatable bonds is 6. The number of aromatic nitrogens is 2. The molecule has 27 heavy (non-hydrogen) atoms. The van der Waals surface area contributed by atoms with Crippen LogP contribution in [-0.4, -0.2) is 52.1 Å². The summed E-state index contributed by atoms with van der Waals surface area (Å²) < 4.78 is 0. The van der Waals surface area contributed by atoms with Crippen LogP contribution in [0, 0.1) is 0 Å². The predicted molar refractivity (Wildman–Crippen MR) is 106 cm³/mol. The zero-order valence-corrected chi connectivity index (χ0v) is 16.6. The van der Waals surface area contributed by atoms with Crippen LogP contribution in [0.2, 0.25) is 5.02 Å². The van der Waals surface area contributed by atoms with E-state index in [1.807, 2.05) is 41.5 Å². The first-order valence-electron chi connectivity index (χ1n) is 8.78. The van der Waals surface area contributed by atoms with Gasteiger partial charge in [-0.25, -0.2) is 9.97 Å². The van der Waals surface area contributed by atoms with Crippen LogP contribution in [0.25, 0.3) is 0 Å². The number of amides is 2. The van der Waals surface area contributed by atoms with Crippen molar-refractivity contribution in [3.05, 3.63) is 52.8 Å². The maximum atomic E-state index is 13.0. The second-order valence-corrected chi connectivity index (χ2v) is 7.48. The van der Waals surface area contributed by atoms with E-state index < -0.39 is 11.9 Å². The van der Waals surface area contributed by atoms with Gasteiger partial charge in [-0.3, -0.25) is 9.59 Å². The molecule has 1 fully saturated rings. The number of benzene rings is 1. The number of carbonyl (C=O) groups is 2. The Balaban J connectivity index is 1.81. The fourth-order valence-corrected chi connectivity index (χ4v) is 3.56. The third kappa shape index (κ3) is 4.99. The molecule has 1 aliphatic heterocycles. The van der Waals surface area contributed by atoms with Crippen molar-refractivity contribution >= 4 is 35.2 Å². The minimum Gasteiger partial charge on any atom is -0.341 e. The van der Waals surface area contributed by atoms with Gasteiger partial charge in [0.25, 0.3) is 5.91 Å². The maximum Gasteiger partial charge on any atom is 0.272 e. The molecule has 1 aromatic carbocycles. The number of carbonyl (C=O) groups excluding carboxylic acids is 2. The molecule has 0 saturated carbocycles. The summed E-state index contributed by atoms with van der Waals surface area (Å²) in [5.41, 5.74) is 1.07. The molecule has 2 heterocycles. The summed E-state index contributed by atoms with van der Waals surface area (Å²) in [6, 6.07) is 8.98. The van der Waals surface area contributed by atoms with Gasteiger partial charge in [0, 0.05) is 19.5 Å². The molecule has 6 nitrogen and oxygen atoms in total. The summed E-state index contributed by atoms with van der Waals surface area (Å²) in [6.07, 6.45) is 5.63. The van der Waals surface area contributed by atoms with Gasteiger partial charge in [-0.1, -0.05) is 53.7 Å². The van der Waals surface area contributed by atoms with Crippen LogP contribution in [0.3, 0.4) is 0 Å². The average Bonchev–Trinajstić information content (AvgIpc) is 3.23. The number of nitrogens with zero attached hydrogens (tertiary/aromatic N) is 3. The topological polar surface area (TPSA) is 75.2 Å². The van der Waals surface area contributed by atoms with Gasteiger partial charge >= 0.3 is 0 Å². The Hall–Kier alpha value is -2.12. The zero-order chi connectivity index (χ0) is 19.2. The van der Waals surface area contributed by atoms with Gasteiger partial charge in [0.1, 0.15) is 6.04 Å². The van der Waals surface area contributed by atoms with Crippen LogP contribution in [0.5, 0.6) is 0 Å². The predicted octanol–water partition coefficient (Wildman–Crippen LogP) is 2.82. The van der Waals surface area contributed by atoms with Gasteiger partial charge in [0.2, 0.25) is 5.91 Å². The second-order valence-electron chi connectivity index (χ2n) is 6.30. The molecule has 1 aliphatic rings. The lowest BCUT2D eigenvalue weighted by molar-refractivity contribution is -0.132. The Bertz CT molecular complexity index is 813. The Kier molecular flexibility index (Phi) is 6.68. The molecule has 0 spiro atoms. The Morgan fingerprint density at radius 3 is 2.63 bits per heavy atom. The van der Waals surface area contributed by atoms with E-state index in [0.29, 0.717) is 11.6 Å². The summed E-state index contributed by atoms with van der Waals surface area (Å²) in [7, 11) is 0. The Morgan fingerprint density at radius 1 is 1.26 bits per heavy atom. The van der Waals surface area contributed by atoms with Crippen LogP contribution in [-0.2, 0) is 11.2 Å². The average molecular weight is 405 g/mol. The van der Waals surface area contributed by atoms with Gasteiger partial charge in [0.05, 0.1) is 11.2 Å². The highest BCUT2D eigenvalue weighted by Crippen LogP contribution is 2.18. The Labute approximate surface area is 167 Å². The van der Waals surface area contributed by atoms with E-state index in [2.05, 4.69) is 15.3 Å². The molecule has 1 saturated heterocycles. The highest BCUT2D eigenvalue weighted by Gasteiger charge is 2.29. The van der Waals surface area contributed by atoms with Crippen LogP contribution in [0.15, 0.2) is 41.7 Å². The lowest BCUT2D eigenvalue weighted by Gasteiger charge is -2.24. The van der Waals surface area contributed by atoms with E-state index in [1.165, 1.54) is 18.0 Å². The molecule has 142 valence electrons. The lowest BCUT2D eigenvalue weighted by Crippen LogP contribution is -2.49. The highest BCUT2D eigenvalue weighted by molar-refractivity contribution is 7.98. The fourth-order valence-electron chi connectivity index (χ4n) is 3.04. The summed E-state index contributed by atoms with van der Waals surface area (Å²) in [4.78, 5) is 35.8. The smallest absolute Gasteiger partial charge is 0.272 e. The zero-order valence-electron chi connectivity index (χ0n) is 15.0.